The lowest BCUT2D eigenvalue weighted by molar-refractivity contribution is -0.129. The van der Waals surface area contributed by atoms with E-state index in [0.29, 0.717) is 10.6 Å². The normalized spacial score (nSPS) is 17.6. The third-order valence-corrected chi connectivity index (χ3v) is 5.45. The Hall–Kier alpha value is -1.89. The van der Waals surface area contributed by atoms with Gasteiger partial charge in [-0.25, -0.2) is 4.79 Å². The van der Waals surface area contributed by atoms with E-state index in [1.165, 1.54) is 18.3 Å². The van der Waals surface area contributed by atoms with Gasteiger partial charge in [0.1, 0.15) is 5.00 Å². The highest BCUT2D eigenvalue weighted by molar-refractivity contribution is 7.17. The summed E-state index contributed by atoms with van der Waals surface area (Å²) in [7, 11) is 0. The molecule has 2 aliphatic carbocycles. The Morgan fingerprint density at radius 3 is 2.58 bits per heavy atom. The highest BCUT2D eigenvalue weighted by Crippen LogP contribution is 2.38. The molecule has 0 aromatic carbocycles. The molecule has 1 fully saturated rings. The summed E-state index contributed by atoms with van der Waals surface area (Å²) >= 11 is 1.44. The molecule has 1 aromatic heterocycles. The molecule has 2 N–H and O–H groups in total. The predicted molar refractivity (Wildman–Crippen MR) is 91.3 cm³/mol. The van der Waals surface area contributed by atoms with Gasteiger partial charge in [0.25, 0.3) is 5.91 Å². The van der Waals surface area contributed by atoms with Crippen LogP contribution in [0.2, 0.25) is 0 Å². The van der Waals surface area contributed by atoms with Crippen LogP contribution in [-0.4, -0.2) is 29.9 Å². The number of hydrogen-bond acceptors (Lipinski definition) is 5. The van der Waals surface area contributed by atoms with Gasteiger partial charge in [-0.1, -0.05) is 0 Å². The molecule has 0 radical (unpaired) electrons. The maximum Gasteiger partial charge on any atom is 0.342 e. The van der Waals surface area contributed by atoms with Crippen molar-refractivity contribution in [1.29, 1.82) is 0 Å². The van der Waals surface area contributed by atoms with Crippen molar-refractivity contribution in [2.45, 2.75) is 64.5 Å². The van der Waals surface area contributed by atoms with E-state index in [1.54, 1.807) is 6.92 Å². The number of nitrogens with one attached hydrogen (secondary N) is 2. The number of fused-ring (bicyclic) bond motifs is 1. The van der Waals surface area contributed by atoms with Crippen LogP contribution in [-0.2, 0) is 27.2 Å². The quantitative estimate of drug-likeness (QED) is 0.799. The Labute approximate surface area is 145 Å². The molecule has 1 saturated carbocycles. The SMILES string of the molecule is CC(=O)Nc1sc2c(c1C(=O)O[C@@H](C)C(=O)NC1CC1)CCCC2. The molecule has 0 saturated heterocycles. The molecule has 0 bridgehead atoms. The average Bonchev–Trinajstić information content (AvgIpc) is 3.25. The number of thiophene rings is 1. The summed E-state index contributed by atoms with van der Waals surface area (Å²) in [4.78, 5) is 37.2. The number of esters is 1. The van der Waals surface area contributed by atoms with E-state index in [-0.39, 0.29) is 17.9 Å². The van der Waals surface area contributed by atoms with Gasteiger partial charge in [-0.05, 0) is 51.0 Å². The van der Waals surface area contributed by atoms with Crippen LogP contribution in [0, 0.1) is 0 Å². The van der Waals surface area contributed by atoms with E-state index >= 15 is 0 Å². The molecule has 0 spiro atoms. The molecular formula is C17H22N2O4S. The number of amides is 2. The van der Waals surface area contributed by atoms with Crippen molar-refractivity contribution in [1.82, 2.24) is 5.32 Å². The van der Waals surface area contributed by atoms with Crippen molar-refractivity contribution < 1.29 is 19.1 Å². The maximum absolute atomic E-state index is 12.6. The highest BCUT2D eigenvalue weighted by atomic mass is 32.1. The number of carbonyl (C=O) groups is 3. The number of rotatable bonds is 5. The molecule has 1 aromatic rings. The van der Waals surface area contributed by atoms with Crippen LogP contribution in [0.5, 0.6) is 0 Å². The van der Waals surface area contributed by atoms with Crippen LogP contribution in [0.3, 0.4) is 0 Å². The smallest absolute Gasteiger partial charge is 0.342 e. The number of aryl methyl sites for hydroxylation is 1. The number of anilines is 1. The third-order valence-electron chi connectivity index (χ3n) is 4.24. The molecule has 0 unspecified atom stereocenters. The lowest BCUT2D eigenvalue weighted by atomic mass is 9.95. The van der Waals surface area contributed by atoms with Gasteiger partial charge in [-0.2, -0.15) is 0 Å². The Kier molecular flexibility index (Phi) is 4.89. The fourth-order valence-electron chi connectivity index (χ4n) is 2.85. The lowest BCUT2D eigenvalue weighted by Crippen LogP contribution is -2.37. The standard InChI is InChI=1S/C17H22N2O4S/c1-9(15(21)19-11-7-8-11)23-17(22)14-12-5-3-4-6-13(12)24-16(14)18-10(2)20/h9,11H,3-8H2,1-2H3,(H,18,20)(H,19,21)/t9-/m0/s1. The van der Waals surface area contributed by atoms with Crippen LogP contribution in [0.25, 0.3) is 0 Å². The van der Waals surface area contributed by atoms with Crippen LogP contribution in [0.1, 0.15) is 60.3 Å². The highest BCUT2D eigenvalue weighted by Gasteiger charge is 2.31. The van der Waals surface area contributed by atoms with Crippen LogP contribution < -0.4 is 10.6 Å². The maximum atomic E-state index is 12.6. The zero-order valence-corrected chi connectivity index (χ0v) is 14.8. The molecule has 0 aliphatic heterocycles. The largest absolute Gasteiger partial charge is 0.449 e. The van der Waals surface area contributed by atoms with Gasteiger partial charge >= 0.3 is 5.97 Å². The number of hydrogen-bond donors (Lipinski definition) is 2. The molecule has 2 amide bonds. The summed E-state index contributed by atoms with van der Waals surface area (Å²) in [5, 5.41) is 6.10. The summed E-state index contributed by atoms with van der Waals surface area (Å²) in [5.41, 5.74) is 1.39. The van der Waals surface area contributed by atoms with Crippen LogP contribution in [0.4, 0.5) is 5.00 Å². The fraction of sp³-hybridized carbons (Fsp3) is 0.588. The Morgan fingerprint density at radius 1 is 1.21 bits per heavy atom. The number of ether oxygens (including phenoxy) is 1. The monoisotopic (exact) mass is 350 g/mol. The summed E-state index contributed by atoms with van der Waals surface area (Å²) in [6, 6.07) is 0.225. The van der Waals surface area contributed by atoms with Gasteiger partial charge < -0.3 is 15.4 Å². The van der Waals surface area contributed by atoms with Crippen molar-refractivity contribution in [3.8, 4) is 0 Å². The van der Waals surface area contributed by atoms with Gasteiger partial charge in [0.15, 0.2) is 6.10 Å². The van der Waals surface area contributed by atoms with E-state index < -0.39 is 12.1 Å². The van der Waals surface area contributed by atoms with E-state index in [2.05, 4.69) is 10.6 Å². The Bertz CT molecular complexity index is 678. The molecule has 3 rings (SSSR count). The summed E-state index contributed by atoms with van der Waals surface area (Å²) in [6.07, 6.45) is 4.94. The molecule has 1 heterocycles. The minimum atomic E-state index is -0.845. The van der Waals surface area contributed by atoms with E-state index in [4.69, 9.17) is 4.74 Å². The van der Waals surface area contributed by atoms with Crippen molar-refractivity contribution in [2.24, 2.45) is 0 Å². The molecule has 24 heavy (non-hydrogen) atoms. The summed E-state index contributed by atoms with van der Waals surface area (Å²) < 4.78 is 5.38. The minimum Gasteiger partial charge on any atom is -0.449 e. The lowest BCUT2D eigenvalue weighted by Gasteiger charge is -2.16. The van der Waals surface area contributed by atoms with Gasteiger partial charge in [0.2, 0.25) is 5.91 Å². The van der Waals surface area contributed by atoms with Gasteiger partial charge in [0.05, 0.1) is 5.56 Å². The molecule has 7 heteroatoms. The predicted octanol–water partition coefficient (Wildman–Crippen LogP) is 2.41. The fourth-order valence-corrected chi connectivity index (χ4v) is 4.17. The van der Waals surface area contributed by atoms with Crippen molar-refractivity contribution >= 4 is 34.1 Å². The van der Waals surface area contributed by atoms with E-state index in [0.717, 1.165) is 49.0 Å². The zero-order valence-electron chi connectivity index (χ0n) is 13.9. The van der Waals surface area contributed by atoms with Crippen LogP contribution >= 0.6 is 11.3 Å². The topological polar surface area (TPSA) is 84.5 Å². The zero-order chi connectivity index (χ0) is 17.3. The summed E-state index contributed by atoms with van der Waals surface area (Å²) in [6.45, 7) is 2.99. The molecule has 130 valence electrons. The first kappa shape index (κ1) is 17.0. The second kappa shape index (κ2) is 6.93. The Morgan fingerprint density at radius 2 is 1.92 bits per heavy atom. The second-order valence-corrected chi connectivity index (χ2v) is 7.53. The summed E-state index contributed by atoms with van der Waals surface area (Å²) in [5.74, 6) is -1.02. The van der Waals surface area contributed by atoms with E-state index in [1.807, 2.05) is 0 Å². The van der Waals surface area contributed by atoms with E-state index in [9.17, 15) is 14.4 Å². The van der Waals surface area contributed by atoms with Crippen LogP contribution in [0.15, 0.2) is 0 Å². The van der Waals surface area contributed by atoms with Crippen molar-refractivity contribution in [3.63, 3.8) is 0 Å². The number of carbonyl (C=O) groups excluding carboxylic acids is 3. The Balaban J connectivity index is 1.78. The molecule has 6 nitrogen and oxygen atoms in total. The molecule has 2 aliphatic rings. The average molecular weight is 350 g/mol. The molecular weight excluding hydrogens is 328 g/mol. The van der Waals surface area contributed by atoms with Gasteiger partial charge in [-0.3, -0.25) is 9.59 Å². The second-order valence-electron chi connectivity index (χ2n) is 6.43. The third kappa shape index (κ3) is 3.77. The van der Waals surface area contributed by atoms with Crippen molar-refractivity contribution in [2.75, 3.05) is 5.32 Å². The minimum absolute atomic E-state index is 0.220. The first-order valence-corrected chi connectivity index (χ1v) is 9.21. The van der Waals surface area contributed by atoms with Crippen molar-refractivity contribution in [3.05, 3.63) is 16.0 Å². The van der Waals surface area contributed by atoms with Gasteiger partial charge in [0, 0.05) is 17.8 Å². The molecule has 1 atom stereocenters. The first-order chi connectivity index (χ1) is 11.5. The van der Waals surface area contributed by atoms with Gasteiger partial charge in [-0.15, -0.1) is 11.3 Å². The first-order valence-electron chi connectivity index (χ1n) is 8.39.